The second kappa shape index (κ2) is 8.98. The summed E-state index contributed by atoms with van der Waals surface area (Å²) in [4.78, 5) is 14.0. The molecule has 0 spiro atoms. The molecule has 1 saturated heterocycles. The summed E-state index contributed by atoms with van der Waals surface area (Å²) in [5.41, 5.74) is 4.34. The molecule has 0 amide bonds. The highest BCUT2D eigenvalue weighted by atomic mass is 79.9. The van der Waals surface area contributed by atoms with E-state index in [1.54, 1.807) is 0 Å². The fourth-order valence-corrected chi connectivity index (χ4v) is 5.02. The molecule has 3 rings (SSSR count). The Kier molecular flexibility index (Phi) is 7.38. The van der Waals surface area contributed by atoms with E-state index in [1.807, 2.05) is 0 Å². The van der Waals surface area contributed by atoms with E-state index in [4.69, 9.17) is 9.90 Å². The summed E-state index contributed by atoms with van der Waals surface area (Å²) in [7, 11) is 2.27. The summed E-state index contributed by atoms with van der Waals surface area (Å²) in [6.45, 7) is 15.3. The lowest BCUT2D eigenvalue weighted by atomic mass is 9.60. The van der Waals surface area contributed by atoms with Crippen LogP contribution in [0.25, 0.3) is 0 Å². The topological polar surface area (TPSA) is 43.8 Å². The van der Waals surface area contributed by atoms with Gasteiger partial charge in [0.1, 0.15) is 0 Å². The molecule has 0 aliphatic carbocycles. The van der Waals surface area contributed by atoms with Crippen LogP contribution in [0.3, 0.4) is 0 Å². The average molecular weight is 503 g/mol. The van der Waals surface area contributed by atoms with Gasteiger partial charge < -0.3 is 10.0 Å². The highest BCUT2D eigenvalue weighted by Crippen LogP contribution is 2.60. The van der Waals surface area contributed by atoms with Crippen molar-refractivity contribution in [3.63, 3.8) is 0 Å². The molecule has 1 aromatic rings. The number of hydrogen-bond donors (Lipinski definition) is 1. The largest absolute Gasteiger partial charge is 0.490 e. The summed E-state index contributed by atoms with van der Waals surface area (Å²) < 4.78 is 32.9. The Bertz CT molecular complexity index is 878. The molecule has 0 bridgehead atoms. The average Bonchev–Trinajstić information content (AvgIpc) is 3.14. The number of carboxylic acids is 1. The number of anilines is 1. The number of alkyl halides is 3. The maximum atomic E-state index is 10.6. The second-order valence-corrected chi connectivity index (χ2v) is 9.82. The third kappa shape index (κ3) is 4.70. The minimum absolute atomic E-state index is 0.0325. The normalized spacial score (nSPS) is 22.9. The zero-order valence-corrected chi connectivity index (χ0v) is 20.1. The molecular formula is C23H30BrF3N2O2. The number of allylic oxidation sites excluding steroid dienone is 2. The van der Waals surface area contributed by atoms with Crippen LogP contribution in [0.2, 0.25) is 0 Å². The molecular weight excluding hydrogens is 473 g/mol. The third-order valence-corrected chi connectivity index (χ3v) is 6.85. The van der Waals surface area contributed by atoms with Gasteiger partial charge in [-0.15, -0.1) is 6.58 Å². The van der Waals surface area contributed by atoms with Gasteiger partial charge >= 0.3 is 12.1 Å². The fraction of sp³-hybridized carbons (Fsp3) is 0.522. The van der Waals surface area contributed by atoms with Crippen LogP contribution in [0, 0.1) is 5.41 Å². The molecule has 8 heteroatoms. The summed E-state index contributed by atoms with van der Waals surface area (Å²) in [6.07, 6.45) is 0.974. The minimum Gasteiger partial charge on any atom is -0.475 e. The van der Waals surface area contributed by atoms with Crippen LogP contribution in [0.5, 0.6) is 0 Å². The molecule has 0 radical (unpaired) electrons. The zero-order chi connectivity index (χ0) is 23.8. The van der Waals surface area contributed by atoms with E-state index in [0.29, 0.717) is 6.17 Å². The number of likely N-dealkylation sites (N-methyl/N-ethyl adjacent to an activating group) is 1. The quantitative estimate of drug-likeness (QED) is 0.514. The Morgan fingerprint density at radius 3 is 2.42 bits per heavy atom. The standard InChI is InChI=1S/C21H29BrN2.C2HF3O2/c1-7-20(4,5)21-11-13-23(6)19(21)24(12-10-15(2)3)18-14-16(22)8-9-17(18)21;3-2(4,5)1(6)7/h7-10,14,19H,1,11-13H2,2-6H3;(H,6,7)/t19-,21-;/m1./s1. The second-order valence-electron chi connectivity index (χ2n) is 8.90. The zero-order valence-electron chi connectivity index (χ0n) is 18.6. The molecule has 0 aromatic heterocycles. The van der Waals surface area contributed by atoms with Gasteiger partial charge in [0.25, 0.3) is 0 Å². The number of carbonyl (C=O) groups is 1. The maximum Gasteiger partial charge on any atom is 0.490 e. The van der Waals surface area contributed by atoms with Crippen LogP contribution in [0.15, 0.2) is 47.0 Å². The van der Waals surface area contributed by atoms with E-state index in [9.17, 15) is 13.2 Å². The minimum atomic E-state index is -5.08. The van der Waals surface area contributed by atoms with Crippen molar-refractivity contribution in [2.75, 3.05) is 25.0 Å². The van der Waals surface area contributed by atoms with Crippen LogP contribution in [-0.2, 0) is 10.2 Å². The Morgan fingerprint density at radius 2 is 1.94 bits per heavy atom. The number of benzene rings is 1. The summed E-state index contributed by atoms with van der Waals surface area (Å²) in [5.74, 6) is -2.76. The van der Waals surface area contributed by atoms with Crippen molar-refractivity contribution in [2.45, 2.75) is 51.9 Å². The Morgan fingerprint density at radius 1 is 1.35 bits per heavy atom. The molecule has 2 aliphatic rings. The molecule has 2 aliphatic heterocycles. The van der Waals surface area contributed by atoms with Crippen molar-refractivity contribution in [1.82, 2.24) is 4.90 Å². The van der Waals surface area contributed by atoms with Crippen LogP contribution < -0.4 is 4.90 Å². The van der Waals surface area contributed by atoms with Gasteiger partial charge in [-0.05, 0) is 50.4 Å². The molecule has 2 heterocycles. The molecule has 1 N–H and O–H groups in total. The first-order valence-corrected chi connectivity index (χ1v) is 10.8. The molecule has 4 nitrogen and oxygen atoms in total. The number of fused-ring (bicyclic) bond motifs is 3. The first kappa shape index (κ1) is 25.5. The molecule has 172 valence electrons. The number of nitrogens with zero attached hydrogens (tertiary/aromatic N) is 2. The molecule has 31 heavy (non-hydrogen) atoms. The number of rotatable bonds is 4. The smallest absolute Gasteiger partial charge is 0.475 e. The lowest BCUT2D eigenvalue weighted by molar-refractivity contribution is -0.192. The molecule has 1 fully saturated rings. The van der Waals surface area contributed by atoms with Crippen LogP contribution >= 0.6 is 15.9 Å². The van der Waals surface area contributed by atoms with Gasteiger partial charge in [0, 0.05) is 28.7 Å². The maximum absolute atomic E-state index is 10.6. The SMILES string of the molecule is C=CC(C)(C)[C@@]12CCN(C)[C@@H]1N(CC=C(C)C)c1cc(Br)ccc12.O=C(O)C(F)(F)F. The molecule has 1 aromatic carbocycles. The fourth-order valence-electron chi connectivity index (χ4n) is 4.67. The van der Waals surface area contributed by atoms with Crippen molar-refractivity contribution in [3.8, 4) is 0 Å². The van der Waals surface area contributed by atoms with E-state index in [1.165, 1.54) is 23.2 Å². The lowest BCUT2D eigenvalue weighted by Crippen LogP contribution is -2.54. The van der Waals surface area contributed by atoms with Gasteiger partial charge in [-0.2, -0.15) is 13.2 Å². The van der Waals surface area contributed by atoms with Crippen molar-refractivity contribution >= 4 is 27.6 Å². The van der Waals surface area contributed by atoms with Crippen molar-refractivity contribution < 1.29 is 23.1 Å². The number of hydrogen-bond acceptors (Lipinski definition) is 3. The van der Waals surface area contributed by atoms with E-state index < -0.39 is 12.1 Å². The molecule has 2 atom stereocenters. The predicted octanol–water partition coefficient (Wildman–Crippen LogP) is 5.98. The van der Waals surface area contributed by atoms with Crippen LogP contribution in [-0.4, -0.2) is 48.5 Å². The number of aliphatic carboxylic acids is 1. The highest BCUT2D eigenvalue weighted by molar-refractivity contribution is 9.10. The van der Waals surface area contributed by atoms with E-state index >= 15 is 0 Å². The van der Waals surface area contributed by atoms with Gasteiger partial charge in [-0.1, -0.05) is 53.6 Å². The first-order chi connectivity index (χ1) is 14.2. The highest BCUT2D eigenvalue weighted by Gasteiger charge is 2.61. The summed E-state index contributed by atoms with van der Waals surface area (Å²) in [6, 6.07) is 6.82. The van der Waals surface area contributed by atoms with E-state index in [0.717, 1.165) is 17.6 Å². The predicted molar refractivity (Wildman–Crippen MR) is 121 cm³/mol. The van der Waals surface area contributed by atoms with Crippen LogP contribution in [0.4, 0.5) is 18.9 Å². The van der Waals surface area contributed by atoms with Gasteiger partial charge in [0.2, 0.25) is 0 Å². The van der Waals surface area contributed by atoms with Crippen molar-refractivity contribution in [2.24, 2.45) is 5.41 Å². The number of halogens is 4. The monoisotopic (exact) mass is 502 g/mol. The van der Waals surface area contributed by atoms with Gasteiger partial charge in [0.15, 0.2) is 0 Å². The third-order valence-electron chi connectivity index (χ3n) is 6.36. The summed E-state index contributed by atoms with van der Waals surface area (Å²) >= 11 is 3.68. The number of likely N-dealkylation sites (tertiary alicyclic amines) is 1. The van der Waals surface area contributed by atoms with Gasteiger partial charge in [0.05, 0.1) is 6.17 Å². The van der Waals surface area contributed by atoms with Gasteiger partial charge in [-0.25, -0.2) is 4.79 Å². The van der Waals surface area contributed by atoms with E-state index in [2.05, 4.69) is 97.4 Å². The lowest BCUT2D eigenvalue weighted by Gasteiger charge is -2.45. The Hall–Kier alpha value is -1.80. The molecule has 0 unspecified atom stereocenters. The summed E-state index contributed by atoms with van der Waals surface area (Å²) in [5, 5.41) is 7.12. The van der Waals surface area contributed by atoms with Gasteiger partial charge in [-0.3, -0.25) is 4.90 Å². The number of carboxylic acid groups (broad SMARTS) is 1. The van der Waals surface area contributed by atoms with E-state index in [-0.39, 0.29) is 10.8 Å². The Labute approximate surface area is 190 Å². The van der Waals surface area contributed by atoms with Crippen molar-refractivity contribution in [1.29, 1.82) is 0 Å². The molecule has 0 saturated carbocycles. The Balaban J connectivity index is 0.000000423. The first-order valence-electron chi connectivity index (χ1n) is 10.0. The van der Waals surface area contributed by atoms with Crippen LogP contribution in [0.1, 0.15) is 39.7 Å². The van der Waals surface area contributed by atoms with Crippen molar-refractivity contribution in [3.05, 3.63) is 52.5 Å².